The molecule has 3 rings (SSSR count). The molecule has 1 aliphatic rings. The maximum absolute atomic E-state index is 13.0. The van der Waals surface area contributed by atoms with E-state index in [0.717, 1.165) is 16.7 Å². The van der Waals surface area contributed by atoms with E-state index in [4.69, 9.17) is 15.0 Å². The van der Waals surface area contributed by atoms with Gasteiger partial charge in [-0.05, 0) is 41.0 Å². The number of fused-ring (bicyclic) bond motifs is 1. The van der Waals surface area contributed by atoms with Gasteiger partial charge in [0.1, 0.15) is 5.82 Å². The Bertz CT molecular complexity index is 620. The molecular weight excluding hydrogens is 260 g/mol. The molecule has 0 radical (unpaired) electrons. The summed E-state index contributed by atoms with van der Waals surface area (Å²) in [5.41, 5.74) is 8.81. The maximum atomic E-state index is 13.0. The van der Waals surface area contributed by atoms with E-state index in [1.54, 1.807) is 24.3 Å². The van der Waals surface area contributed by atoms with Gasteiger partial charge < -0.3 is 20.1 Å². The van der Waals surface area contributed by atoms with E-state index < -0.39 is 13.4 Å². The summed E-state index contributed by atoms with van der Waals surface area (Å²) in [5, 5.41) is 9.67. The second-order valence-corrected chi connectivity index (χ2v) is 4.64. The van der Waals surface area contributed by atoms with Crippen LogP contribution >= 0.6 is 0 Å². The molecule has 1 aliphatic heterocycles. The lowest BCUT2D eigenvalue weighted by atomic mass is 9.96. The van der Waals surface area contributed by atoms with Crippen LogP contribution in [0.3, 0.4) is 0 Å². The molecule has 0 aromatic heterocycles. The van der Waals surface area contributed by atoms with E-state index in [9.17, 15) is 9.41 Å². The topological polar surface area (TPSA) is 64.7 Å². The zero-order valence-corrected chi connectivity index (χ0v) is 10.6. The summed E-state index contributed by atoms with van der Waals surface area (Å²) in [4.78, 5) is 0. The highest BCUT2D eigenvalue weighted by Crippen LogP contribution is 2.33. The molecule has 0 saturated carbocycles. The molecule has 20 heavy (non-hydrogen) atoms. The van der Waals surface area contributed by atoms with E-state index in [2.05, 4.69) is 0 Å². The molecule has 0 bridgehead atoms. The smallest absolute Gasteiger partial charge is 0.402 e. The van der Waals surface area contributed by atoms with Crippen LogP contribution in [-0.2, 0) is 15.9 Å². The van der Waals surface area contributed by atoms with Crippen LogP contribution in [0.15, 0.2) is 42.5 Å². The molecule has 4 nitrogen and oxygen atoms in total. The summed E-state index contributed by atoms with van der Waals surface area (Å²) < 4.78 is 23.7. The number of rotatable bonds is 1. The number of nitrogens with two attached hydrogens (primary N) is 1. The third-order valence-corrected chi connectivity index (χ3v) is 3.26. The molecule has 3 N–H and O–H groups in total. The summed E-state index contributed by atoms with van der Waals surface area (Å²) in [6, 6.07) is 11.3. The highest BCUT2D eigenvalue weighted by Gasteiger charge is 2.30. The Morgan fingerprint density at radius 1 is 1.20 bits per heavy atom. The largest absolute Gasteiger partial charge is 0.637 e. The SMILES string of the molecule is Nc1ccc2c(c1)COB(O)OC2c1ccc(F)cc1. The zero-order valence-electron chi connectivity index (χ0n) is 10.6. The van der Waals surface area contributed by atoms with Gasteiger partial charge in [0, 0.05) is 5.69 Å². The third-order valence-electron chi connectivity index (χ3n) is 3.26. The van der Waals surface area contributed by atoms with Gasteiger partial charge in [0.25, 0.3) is 0 Å². The molecule has 0 spiro atoms. The van der Waals surface area contributed by atoms with Crippen LogP contribution in [0.2, 0.25) is 0 Å². The zero-order chi connectivity index (χ0) is 14.1. The third kappa shape index (κ3) is 2.53. The molecule has 0 saturated heterocycles. The fourth-order valence-corrected chi connectivity index (χ4v) is 2.29. The van der Waals surface area contributed by atoms with E-state index in [1.165, 1.54) is 12.1 Å². The fourth-order valence-electron chi connectivity index (χ4n) is 2.29. The molecule has 2 aromatic carbocycles. The molecule has 0 fully saturated rings. The van der Waals surface area contributed by atoms with Crippen LogP contribution in [0.25, 0.3) is 0 Å². The Labute approximate surface area is 116 Å². The second kappa shape index (κ2) is 5.24. The Kier molecular flexibility index (Phi) is 3.44. The fraction of sp³-hybridized carbons (Fsp3) is 0.143. The van der Waals surface area contributed by atoms with Crippen molar-refractivity contribution in [1.82, 2.24) is 0 Å². The molecule has 1 heterocycles. The average Bonchev–Trinajstić information content (AvgIpc) is 2.59. The van der Waals surface area contributed by atoms with Gasteiger partial charge in [-0.25, -0.2) is 4.39 Å². The lowest BCUT2D eigenvalue weighted by Crippen LogP contribution is -2.22. The molecule has 2 aromatic rings. The molecule has 6 heteroatoms. The van der Waals surface area contributed by atoms with Gasteiger partial charge >= 0.3 is 7.32 Å². The van der Waals surface area contributed by atoms with Crippen molar-refractivity contribution in [2.75, 3.05) is 5.73 Å². The highest BCUT2D eigenvalue weighted by molar-refractivity contribution is 6.34. The Hall–Kier alpha value is -1.89. The monoisotopic (exact) mass is 273 g/mol. The number of benzene rings is 2. The van der Waals surface area contributed by atoms with E-state index in [0.29, 0.717) is 5.69 Å². The first kappa shape index (κ1) is 13.1. The second-order valence-electron chi connectivity index (χ2n) is 4.64. The molecule has 1 unspecified atom stereocenters. The summed E-state index contributed by atoms with van der Waals surface area (Å²) in [6.07, 6.45) is -0.524. The first-order chi connectivity index (χ1) is 9.63. The van der Waals surface area contributed by atoms with Crippen molar-refractivity contribution in [1.29, 1.82) is 0 Å². The molecule has 1 atom stereocenters. The van der Waals surface area contributed by atoms with E-state index in [-0.39, 0.29) is 12.4 Å². The van der Waals surface area contributed by atoms with E-state index in [1.807, 2.05) is 6.07 Å². The Morgan fingerprint density at radius 2 is 1.95 bits per heavy atom. The van der Waals surface area contributed by atoms with Gasteiger partial charge in [-0.1, -0.05) is 18.2 Å². The minimum Gasteiger partial charge on any atom is -0.402 e. The van der Waals surface area contributed by atoms with Gasteiger partial charge in [-0.3, -0.25) is 0 Å². The van der Waals surface area contributed by atoms with Gasteiger partial charge in [0.2, 0.25) is 0 Å². The number of anilines is 1. The quantitative estimate of drug-likeness (QED) is 0.616. The summed E-state index contributed by atoms with van der Waals surface area (Å²) in [6.45, 7) is 0.208. The predicted molar refractivity (Wildman–Crippen MR) is 72.9 cm³/mol. The van der Waals surface area contributed by atoms with Crippen LogP contribution in [-0.4, -0.2) is 12.3 Å². The van der Waals surface area contributed by atoms with Crippen molar-refractivity contribution >= 4 is 13.0 Å². The van der Waals surface area contributed by atoms with Gasteiger partial charge in [-0.15, -0.1) is 0 Å². The average molecular weight is 273 g/mol. The van der Waals surface area contributed by atoms with Crippen LogP contribution in [0.1, 0.15) is 22.8 Å². The van der Waals surface area contributed by atoms with Crippen LogP contribution in [0.4, 0.5) is 10.1 Å². The predicted octanol–water partition coefficient (Wildman–Crippen LogP) is 2.02. The summed E-state index contributed by atoms with van der Waals surface area (Å²) >= 11 is 0. The van der Waals surface area contributed by atoms with Crippen LogP contribution in [0, 0.1) is 5.82 Å². The first-order valence-electron chi connectivity index (χ1n) is 6.22. The Balaban J connectivity index is 2.06. The van der Waals surface area contributed by atoms with Crippen molar-refractivity contribution < 1.29 is 18.7 Å². The van der Waals surface area contributed by atoms with Crippen molar-refractivity contribution in [2.45, 2.75) is 12.7 Å². The van der Waals surface area contributed by atoms with Crippen LogP contribution < -0.4 is 5.73 Å². The normalized spacial score (nSPS) is 18.5. The van der Waals surface area contributed by atoms with Crippen LogP contribution in [0.5, 0.6) is 0 Å². The minimum atomic E-state index is -1.33. The van der Waals surface area contributed by atoms with Crippen molar-refractivity contribution in [3.05, 3.63) is 65.0 Å². The molecule has 0 amide bonds. The maximum Gasteiger partial charge on any atom is 0.637 e. The van der Waals surface area contributed by atoms with Gasteiger partial charge in [0.05, 0.1) is 12.7 Å². The highest BCUT2D eigenvalue weighted by atomic mass is 19.1. The lowest BCUT2D eigenvalue weighted by molar-refractivity contribution is 0.111. The number of hydrogen-bond donors (Lipinski definition) is 2. The molecule has 0 aliphatic carbocycles. The van der Waals surface area contributed by atoms with Crippen molar-refractivity contribution in [2.24, 2.45) is 0 Å². The molecular formula is C14H13BFNO3. The summed E-state index contributed by atoms with van der Waals surface area (Å²) in [5.74, 6) is -0.322. The van der Waals surface area contributed by atoms with Gasteiger partial charge in [-0.2, -0.15) is 0 Å². The summed E-state index contributed by atoms with van der Waals surface area (Å²) in [7, 11) is -1.33. The molecule has 102 valence electrons. The standard InChI is InChI=1S/C14H13BFNO3/c16-11-3-1-9(2-4-11)14-13-6-5-12(17)7-10(13)8-19-15(18)20-14/h1-7,14,18H,8,17H2. The Morgan fingerprint density at radius 3 is 2.70 bits per heavy atom. The van der Waals surface area contributed by atoms with Crippen molar-refractivity contribution in [3.8, 4) is 0 Å². The lowest BCUT2D eigenvalue weighted by Gasteiger charge is -2.19. The van der Waals surface area contributed by atoms with Crippen molar-refractivity contribution in [3.63, 3.8) is 0 Å². The first-order valence-corrected chi connectivity index (χ1v) is 6.22. The minimum absolute atomic E-state index is 0.208. The number of halogens is 1. The van der Waals surface area contributed by atoms with E-state index >= 15 is 0 Å². The number of hydrogen-bond acceptors (Lipinski definition) is 4. The number of nitrogen functional groups attached to an aromatic ring is 1. The van der Waals surface area contributed by atoms with Gasteiger partial charge in [0.15, 0.2) is 0 Å².